The van der Waals surface area contributed by atoms with Crippen LogP contribution in [0.4, 0.5) is 10.2 Å². The van der Waals surface area contributed by atoms with Crippen LogP contribution in [0.1, 0.15) is 71.4 Å². The molecule has 0 aliphatic heterocycles. The van der Waals surface area contributed by atoms with Crippen molar-refractivity contribution >= 4 is 28.7 Å². The highest BCUT2D eigenvalue weighted by Crippen LogP contribution is 2.32. The number of hydrogen-bond acceptors (Lipinski definition) is 4. The standard InChI is InChI=1S/C27H34FN5O2/c1-5-7-19-14-29-25(32-27(35)18-8-6-9-21(10-18)31-17(4)34)13-22(19)20-11-23(28)26-24(12-20)33(15-30-26)16(2)3/h11-16,18,21H,5-10H2,1-4H3,(H,31,34)(H,29,32,35)/t18?,21-/m1/s1. The van der Waals surface area contributed by atoms with Gasteiger partial charge in [0.05, 0.1) is 11.8 Å². The number of amides is 2. The Bertz CT molecular complexity index is 1240. The Balaban J connectivity index is 1.64. The molecule has 0 bridgehead atoms. The molecule has 7 nitrogen and oxygen atoms in total. The average Bonchev–Trinajstić information content (AvgIpc) is 3.25. The molecule has 1 unspecified atom stereocenters. The molecule has 2 aromatic heterocycles. The third kappa shape index (κ3) is 5.52. The van der Waals surface area contributed by atoms with Crippen molar-refractivity contribution in [3.05, 3.63) is 42.1 Å². The summed E-state index contributed by atoms with van der Waals surface area (Å²) in [6.45, 7) is 7.67. The highest BCUT2D eigenvalue weighted by Gasteiger charge is 2.28. The second-order valence-corrected chi connectivity index (χ2v) is 9.80. The van der Waals surface area contributed by atoms with Crippen molar-refractivity contribution in [3.63, 3.8) is 0 Å². The van der Waals surface area contributed by atoms with Gasteiger partial charge in [-0.05, 0) is 74.4 Å². The molecule has 8 heteroatoms. The second-order valence-electron chi connectivity index (χ2n) is 9.80. The Labute approximate surface area is 205 Å². The van der Waals surface area contributed by atoms with E-state index < -0.39 is 0 Å². The minimum absolute atomic E-state index is 0.0213. The number of benzene rings is 1. The smallest absolute Gasteiger partial charge is 0.228 e. The van der Waals surface area contributed by atoms with Crippen molar-refractivity contribution in [2.24, 2.45) is 5.92 Å². The van der Waals surface area contributed by atoms with E-state index in [0.29, 0.717) is 17.8 Å². The summed E-state index contributed by atoms with van der Waals surface area (Å²) in [6.07, 6.45) is 8.33. The summed E-state index contributed by atoms with van der Waals surface area (Å²) >= 11 is 0. The molecule has 0 radical (unpaired) electrons. The SMILES string of the molecule is CCCc1cnc(NC(=O)C2CCC[C@@H](NC(C)=O)C2)cc1-c1cc(F)c2ncn(C(C)C)c2c1. The highest BCUT2D eigenvalue weighted by molar-refractivity contribution is 5.93. The summed E-state index contributed by atoms with van der Waals surface area (Å²) in [6, 6.07) is 5.49. The first-order valence-electron chi connectivity index (χ1n) is 12.5. The number of aryl methyl sites for hydroxylation is 1. The maximum Gasteiger partial charge on any atom is 0.228 e. The lowest BCUT2D eigenvalue weighted by Crippen LogP contribution is -2.40. The molecular weight excluding hydrogens is 445 g/mol. The molecule has 2 N–H and O–H groups in total. The Kier molecular flexibility index (Phi) is 7.48. The van der Waals surface area contributed by atoms with Gasteiger partial charge >= 0.3 is 0 Å². The van der Waals surface area contributed by atoms with Gasteiger partial charge in [-0.25, -0.2) is 14.4 Å². The first-order valence-corrected chi connectivity index (χ1v) is 12.5. The van der Waals surface area contributed by atoms with Crippen LogP contribution in [0.25, 0.3) is 22.2 Å². The lowest BCUT2D eigenvalue weighted by atomic mass is 9.85. The molecule has 0 spiro atoms. The number of anilines is 1. The third-order valence-corrected chi connectivity index (χ3v) is 6.71. The van der Waals surface area contributed by atoms with E-state index in [-0.39, 0.29) is 35.6 Å². The van der Waals surface area contributed by atoms with Crippen LogP contribution in [0.2, 0.25) is 0 Å². The predicted octanol–water partition coefficient (Wildman–Crippen LogP) is 5.40. The second kappa shape index (κ2) is 10.5. The van der Waals surface area contributed by atoms with Gasteiger partial charge in [-0.3, -0.25) is 9.59 Å². The number of carbonyl (C=O) groups excluding carboxylic acids is 2. The number of carbonyl (C=O) groups is 2. The van der Waals surface area contributed by atoms with Gasteiger partial charge in [-0.1, -0.05) is 19.8 Å². The van der Waals surface area contributed by atoms with Crippen LogP contribution >= 0.6 is 0 Å². The first-order chi connectivity index (χ1) is 16.8. The van der Waals surface area contributed by atoms with E-state index in [1.807, 2.05) is 30.5 Å². The van der Waals surface area contributed by atoms with E-state index in [0.717, 1.165) is 54.3 Å². The van der Waals surface area contributed by atoms with E-state index in [4.69, 9.17) is 0 Å². The molecule has 186 valence electrons. The molecule has 0 saturated heterocycles. The molecule has 2 heterocycles. The van der Waals surface area contributed by atoms with Crippen LogP contribution in [0.5, 0.6) is 0 Å². The summed E-state index contributed by atoms with van der Waals surface area (Å²) in [7, 11) is 0. The van der Waals surface area contributed by atoms with Crippen molar-refractivity contribution in [2.45, 2.75) is 78.3 Å². The van der Waals surface area contributed by atoms with Crippen LogP contribution in [-0.2, 0) is 16.0 Å². The number of nitrogens with zero attached hydrogens (tertiary/aromatic N) is 3. The van der Waals surface area contributed by atoms with E-state index in [1.54, 1.807) is 12.5 Å². The van der Waals surface area contributed by atoms with Crippen molar-refractivity contribution in [1.29, 1.82) is 0 Å². The number of pyridine rings is 1. The normalized spacial score (nSPS) is 18.1. The van der Waals surface area contributed by atoms with Crippen LogP contribution in [0.15, 0.2) is 30.7 Å². The summed E-state index contributed by atoms with van der Waals surface area (Å²) < 4.78 is 17.0. The lowest BCUT2D eigenvalue weighted by molar-refractivity contribution is -0.123. The third-order valence-electron chi connectivity index (χ3n) is 6.71. The van der Waals surface area contributed by atoms with Gasteiger partial charge in [-0.2, -0.15) is 0 Å². The maximum absolute atomic E-state index is 15.0. The Morgan fingerprint density at radius 2 is 2.00 bits per heavy atom. The first kappa shape index (κ1) is 24.8. The lowest BCUT2D eigenvalue weighted by Gasteiger charge is -2.28. The quantitative estimate of drug-likeness (QED) is 0.475. The number of aromatic nitrogens is 3. The molecular formula is C27H34FN5O2. The summed E-state index contributed by atoms with van der Waals surface area (Å²) in [5, 5.41) is 5.90. The maximum atomic E-state index is 15.0. The average molecular weight is 480 g/mol. The van der Waals surface area contributed by atoms with Gasteiger partial charge in [0.1, 0.15) is 11.3 Å². The largest absolute Gasteiger partial charge is 0.354 e. The fourth-order valence-electron chi connectivity index (χ4n) is 5.02. The monoisotopic (exact) mass is 479 g/mol. The van der Waals surface area contributed by atoms with Gasteiger partial charge in [0.15, 0.2) is 5.82 Å². The van der Waals surface area contributed by atoms with Crippen molar-refractivity contribution < 1.29 is 14.0 Å². The van der Waals surface area contributed by atoms with E-state index in [9.17, 15) is 9.59 Å². The number of rotatable bonds is 7. The van der Waals surface area contributed by atoms with E-state index in [2.05, 4.69) is 27.5 Å². The fraction of sp³-hybridized carbons (Fsp3) is 0.481. The topological polar surface area (TPSA) is 88.9 Å². The van der Waals surface area contributed by atoms with Crippen molar-refractivity contribution in [1.82, 2.24) is 19.9 Å². The number of hydrogen-bond donors (Lipinski definition) is 2. The molecule has 1 fully saturated rings. The Morgan fingerprint density at radius 3 is 2.71 bits per heavy atom. The molecule has 3 aromatic rings. The van der Waals surface area contributed by atoms with Crippen LogP contribution in [0.3, 0.4) is 0 Å². The number of halogens is 1. The molecule has 1 saturated carbocycles. The molecule has 2 atom stereocenters. The zero-order valence-corrected chi connectivity index (χ0v) is 20.9. The highest BCUT2D eigenvalue weighted by atomic mass is 19.1. The fourth-order valence-corrected chi connectivity index (χ4v) is 5.02. The summed E-state index contributed by atoms with van der Waals surface area (Å²) in [4.78, 5) is 33.2. The molecule has 1 aliphatic carbocycles. The van der Waals surface area contributed by atoms with E-state index in [1.165, 1.54) is 13.0 Å². The Hall–Kier alpha value is -3.29. The van der Waals surface area contributed by atoms with Gasteiger partial charge in [-0.15, -0.1) is 0 Å². The zero-order chi connectivity index (χ0) is 25.1. The van der Waals surface area contributed by atoms with Gasteiger partial charge in [0.25, 0.3) is 0 Å². The number of fused-ring (bicyclic) bond motifs is 1. The molecule has 35 heavy (non-hydrogen) atoms. The Morgan fingerprint density at radius 1 is 1.20 bits per heavy atom. The molecule has 1 aromatic carbocycles. The number of imidazole rings is 1. The van der Waals surface area contributed by atoms with Crippen molar-refractivity contribution in [2.75, 3.05) is 5.32 Å². The minimum atomic E-state index is -0.368. The zero-order valence-electron chi connectivity index (χ0n) is 20.9. The van der Waals surface area contributed by atoms with E-state index >= 15 is 4.39 Å². The number of nitrogens with one attached hydrogen (secondary N) is 2. The molecule has 1 aliphatic rings. The predicted molar refractivity (Wildman–Crippen MR) is 135 cm³/mol. The molecule has 4 rings (SSSR count). The molecule has 2 amide bonds. The van der Waals surface area contributed by atoms with Gasteiger partial charge < -0.3 is 15.2 Å². The summed E-state index contributed by atoms with van der Waals surface area (Å²) in [5.74, 6) is -0.272. The van der Waals surface area contributed by atoms with Crippen LogP contribution in [-0.4, -0.2) is 32.4 Å². The van der Waals surface area contributed by atoms with Gasteiger partial charge in [0, 0.05) is 31.1 Å². The minimum Gasteiger partial charge on any atom is -0.354 e. The van der Waals surface area contributed by atoms with Crippen molar-refractivity contribution in [3.8, 4) is 11.1 Å². The van der Waals surface area contributed by atoms with Gasteiger partial charge in [0.2, 0.25) is 11.8 Å². The van der Waals surface area contributed by atoms with Crippen LogP contribution < -0.4 is 10.6 Å². The summed E-state index contributed by atoms with van der Waals surface area (Å²) in [5.41, 5.74) is 3.69. The van der Waals surface area contributed by atoms with Crippen LogP contribution in [0, 0.1) is 11.7 Å².